The van der Waals surface area contributed by atoms with Crippen molar-refractivity contribution in [3.05, 3.63) is 34.4 Å². The second-order valence-electron chi connectivity index (χ2n) is 6.92. The van der Waals surface area contributed by atoms with Gasteiger partial charge in [0.05, 0.1) is 0 Å². The molecule has 0 saturated carbocycles. The summed E-state index contributed by atoms with van der Waals surface area (Å²) in [5.41, 5.74) is 5.04. The largest absolute Gasteiger partial charge is 0.303 e. The Labute approximate surface area is 128 Å². The van der Waals surface area contributed by atoms with E-state index in [1.807, 2.05) is 0 Å². The first-order valence-corrected chi connectivity index (χ1v) is 8.54. The van der Waals surface area contributed by atoms with Gasteiger partial charge in [0.2, 0.25) is 0 Å². The minimum Gasteiger partial charge on any atom is -0.303 e. The first-order valence-electron chi connectivity index (χ1n) is 8.54. The molecule has 0 amide bonds. The summed E-state index contributed by atoms with van der Waals surface area (Å²) in [6.45, 7) is 7.46. The van der Waals surface area contributed by atoms with E-state index in [0.29, 0.717) is 5.78 Å². The van der Waals surface area contributed by atoms with Crippen LogP contribution in [-0.2, 0) is 12.8 Å². The third-order valence-corrected chi connectivity index (χ3v) is 5.13. The minimum atomic E-state index is 0.114. The molecule has 21 heavy (non-hydrogen) atoms. The second kappa shape index (κ2) is 6.31. The third kappa shape index (κ3) is 3.21. The maximum atomic E-state index is 12.8. The van der Waals surface area contributed by atoms with E-state index in [4.69, 9.17) is 0 Å². The molecule has 1 atom stereocenters. The molecule has 1 aromatic carbocycles. The van der Waals surface area contributed by atoms with E-state index in [0.717, 1.165) is 18.5 Å². The highest BCUT2D eigenvalue weighted by molar-refractivity contribution is 5.99. The Bertz CT molecular complexity index is 529. The lowest BCUT2D eigenvalue weighted by molar-refractivity contribution is 0.0902. The van der Waals surface area contributed by atoms with Crippen molar-refractivity contribution >= 4 is 5.78 Å². The topological polar surface area (TPSA) is 20.3 Å². The summed E-state index contributed by atoms with van der Waals surface area (Å²) in [5, 5.41) is 0. The van der Waals surface area contributed by atoms with E-state index in [1.54, 1.807) is 0 Å². The summed E-state index contributed by atoms with van der Waals surface area (Å²) >= 11 is 0. The molecule has 1 fully saturated rings. The van der Waals surface area contributed by atoms with Crippen LogP contribution < -0.4 is 0 Å². The third-order valence-electron chi connectivity index (χ3n) is 5.13. The highest BCUT2D eigenvalue weighted by Gasteiger charge is 2.23. The minimum absolute atomic E-state index is 0.114. The monoisotopic (exact) mass is 285 g/mol. The molecule has 1 aliphatic heterocycles. The number of fused-ring (bicyclic) bond motifs is 1. The number of hydrogen-bond donors (Lipinski definition) is 0. The fraction of sp³-hybridized carbons (Fsp3) is 0.632. The zero-order chi connectivity index (χ0) is 14.8. The van der Waals surface area contributed by atoms with Crippen LogP contribution in [0.4, 0.5) is 0 Å². The summed E-state index contributed by atoms with van der Waals surface area (Å²) in [6.07, 6.45) is 7.49. The molecule has 3 rings (SSSR count). The smallest absolute Gasteiger partial charge is 0.167 e. The lowest BCUT2D eigenvalue weighted by Gasteiger charge is -2.22. The van der Waals surface area contributed by atoms with Gasteiger partial charge in [0.25, 0.3) is 0 Å². The molecular formula is C19H27NO. The van der Waals surface area contributed by atoms with Crippen molar-refractivity contribution in [2.45, 2.75) is 52.4 Å². The Morgan fingerprint density at radius 1 is 1.10 bits per heavy atom. The van der Waals surface area contributed by atoms with Crippen molar-refractivity contribution in [2.24, 2.45) is 5.92 Å². The molecule has 1 saturated heterocycles. The van der Waals surface area contributed by atoms with Gasteiger partial charge in [-0.2, -0.15) is 0 Å². The lowest BCUT2D eigenvalue weighted by Crippen LogP contribution is -2.30. The van der Waals surface area contributed by atoms with E-state index in [2.05, 4.69) is 30.9 Å². The zero-order valence-electron chi connectivity index (χ0n) is 13.5. The average Bonchev–Trinajstić information content (AvgIpc) is 2.98. The molecule has 0 radical (unpaired) electrons. The van der Waals surface area contributed by atoms with Crippen LogP contribution in [0.5, 0.6) is 0 Å². The number of aryl methyl sites for hydroxylation is 3. The standard InChI is InChI=1S/C19H27NO/c1-14-11-16-7-3-4-8-17(16)12-18(14)19(21)15(2)13-20-9-5-6-10-20/h11-12,15H,3-10,13H2,1-2H3. The molecule has 2 aliphatic rings. The van der Waals surface area contributed by atoms with E-state index >= 15 is 0 Å². The molecule has 0 N–H and O–H groups in total. The number of rotatable bonds is 4. The highest BCUT2D eigenvalue weighted by Crippen LogP contribution is 2.26. The Balaban J connectivity index is 1.76. The van der Waals surface area contributed by atoms with Gasteiger partial charge in [-0.3, -0.25) is 4.79 Å². The van der Waals surface area contributed by atoms with Crippen LogP contribution in [-0.4, -0.2) is 30.3 Å². The maximum Gasteiger partial charge on any atom is 0.167 e. The summed E-state index contributed by atoms with van der Waals surface area (Å²) < 4.78 is 0. The maximum absolute atomic E-state index is 12.8. The second-order valence-corrected chi connectivity index (χ2v) is 6.92. The van der Waals surface area contributed by atoms with Crippen molar-refractivity contribution in [2.75, 3.05) is 19.6 Å². The van der Waals surface area contributed by atoms with E-state index in [-0.39, 0.29) is 5.92 Å². The van der Waals surface area contributed by atoms with Gasteiger partial charge in [-0.1, -0.05) is 13.0 Å². The van der Waals surface area contributed by atoms with Crippen LogP contribution in [0.2, 0.25) is 0 Å². The Morgan fingerprint density at radius 3 is 2.38 bits per heavy atom. The van der Waals surface area contributed by atoms with Crippen molar-refractivity contribution < 1.29 is 4.79 Å². The van der Waals surface area contributed by atoms with Gasteiger partial charge in [0.1, 0.15) is 0 Å². The number of carbonyl (C=O) groups is 1. The quantitative estimate of drug-likeness (QED) is 0.785. The molecule has 2 nitrogen and oxygen atoms in total. The lowest BCUT2D eigenvalue weighted by atomic mass is 9.85. The van der Waals surface area contributed by atoms with Crippen LogP contribution in [0, 0.1) is 12.8 Å². The van der Waals surface area contributed by atoms with Crippen LogP contribution in [0.3, 0.4) is 0 Å². The van der Waals surface area contributed by atoms with Crippen molar-refractivity contribution in [3.63, 3.8) is 0 Å². The number of ketones is 1. The SMILES string of the molecule is Cc1cc2c(cc1C(=O)C(C)CN1CCCC1)CCCC2. The number of benzene rings is 1. The van der Waals surface area contributed by atoms with Crippen molar-refractivity contribution in [3.8, 4) is 0 Å². The summed E-state index contributed by atoms with van der Waals surface area (Å²) in [5.74, 6) is 0.455. The molecule has 1 heterocycles. The molecule has 0 spiro atoms. The van der Waals surface area contributed by atoms with Gasteiger partial charge < -0.3 is 4.90 Å². The van der Waals surface area contributed by atoms with Crippen LogP contribution in [0.15, 0.2) is 12.1 Å². The molecule has 2 heteroatoms. The van der Waals surface area contributed by atoms with E-state index in [9.17, 15) is 4.79 Å². The predicted octanol–water partition coefficient (Wildman–Crippen LogP) is 3.79. The van der Waals surface area contributed by atoms with E-state index < -0.39 is 0 Å². The van der Waals surface area contributed by atoms with Gasteiger partial charge in [-0.15, -0.1) is 0 Å². The number of nitrogens with zero attached hydrogens (tertiary/aromatic N) is 1. The molecule has 114 valence electrons. The van der Waals surface area contributed by atoms with Gasteiger partial charge in [0.15, 0.2) is 5.78 Å². The van der Waals surface area contributed by atoms with Crippen molar-refractivity contribution in [1.82, 2.24) is 4.90 Å². The Kier molecular flexibility index (Phi) is 4.44. The average molecular weight is 285 g/mol. The van der Waals surface area contributed by atoms with Gasteiger partial charge >= 0.3 is 0 Å². The summed E-state index contributed by atoms with van der Waals surface area (Å²) in [6, 6.07) is 4.47. The van der Waals surface area contributed by atoms with Gasteiger partial charge in [-0.05, 0) is 81.3 Å². The number of likely N-dealkylation sites (tertiary alicyclic amines) is 1. The summed E-state index contributed by atoms with van der Waals surface area (Å²) in [4.78, 5) is 15.3. The van der Waals surface area contributed by atoms with Crippen LogP contribution >= 0.6 is 0 Å². The Hall–Kier alpha value is -1.15. The molecular weight excluding hydrogens is 258 g/mol. The fourth-order valence-corrected chi connectivity index (χ4v) is 3.88. The highest BCUT2D eigenvalue weighted by atomic mass is 16.1. The van der Waals surface area contributed by atoms with E-state index in [1.165, 1.54) is 61.9 Å². The Morgan fingerprint density at radius 2 is 1.71 bits per heavy atom. The van der Waals surface area contributed by atoms with Crippen molar-refractivity contribution in [1.29, 1.82) is 0 Å². The molecule has 1 unspecified atom stereocenters. The first kappa shape index (κ1) is 14.8. The summed E-state index contributed by atoms with van der Waals surface area (Å²) in [7, 11) is 0. The van der Waals surface area contributed by atoms with Crippen LogP contribution in [0.1, 0.15) is 59.7 Å². The van der Waals surface area contributed by atoms with Gasteiger partial charge in [-0.25, -0.2) is 0 Å². The number of Topliss-reactive ketones (excluding diaryl/α,β-unsaturated/α-hetero) is 1. The molecule has 0 aromatic heterocycles. The van der Waals surface area contributed by atoms with Crippen LogP contribution in [0.25, 0.3) is 0 Å². The predicted molar refractivity (Wildman–Crippen MR) is 87.0 cm³/mol. The fourth-order valence-electron chi connectivity index (χ4n) is 3.88. The molecule has 1 aliphatic carbocycles. The molecule has 0 bridgehead atoms. The molecule has 1 aromatic rings. The van der Waals surface area contributed by atoms with Gasteiger partial charge in [0, 0.05) is 18.0 Å². The number of hydrogen-bond acceptors (Lipinski definition) is 2. The normalized spacial score (nSPS) is 20.3. The zero-order valence-corrected chi connectivity index (χ0v) is 13.5. The number of carbonyl (C=O) groups excluding carboxylic acids is 1. The first-order chi connectivity index (χ1) is 10.1.